The molecule has 3 saturated carbocycles. The zero-order valence-corrected chi connectivity index (χ0v) is 7.45. The Balaban J connectivity index is 0.000000605. The molecule has 0 heterocycles. The molecule has 0 radical (unpaired) electrons. The maximum absolute atomic E-state index is 5.28. The van der Waals surface area contributed by atoms with Crippen molar-refractivity contribution in [3.63, 3.8) is 0 Å². The fourth-order valence-corrected chi connectivity index (χ4v) is 2.62. The molecule has 4 N–H and O–H groups in total. The van der Waals surface area contributed by atoms with Crippen molar-refractivity contribution in [1.29, 1.82) is 0 Å². The van der Waals surface area contributed by atoms with E-state index in [1.54, 1.807) is 0 Å². The summed E-state index contributed by atoms with van der Waals surface area (Å²) in [5.41, 5.74) is 11.4. The van der Waals surface area contributed by atoms with Crippen LogP contribution in [0.15, 0.2) is 4.99 Å². The molecule has 3 aliphatic carbocycles. The largest absolute Gasteiger partial charge is 0.370 e. The second kappa shape index (κ2) is 2.03. The van der Waals surface area contributed by atoms with E-state index in [4.69, 9.17) is 11.5 Å². The van der Waals surface area contributed by atoms with Gasteiger partial charge in [-0.25, -0.2) is 4.99 Å². The van der Waals surface area contributed by atoms with Gasteiger partial charge in [-0.3, -0.25) is 0 Å². The predicted octanol–water partition coefficient (Wildman–Crippen LogP) is 0.624. The second-order valence-corrected chi connectivity index (χ2v) is 4.10. The van der Waals surface area contributed by atoms with Crippen LogP contribution in [-0.2, 0) is 0 Å². The Kier molecular flexibility index (Phi) is 1.60. The zero-order valence-electron chi connectivity index (χ0n) is 6.63. The summed E-state index contributed by atoms with van der Waals surface area (Å²) < 4.78 is 0. The van der Waals surface area contributed by atoms with Gasteiger partial charge in [-0.05, 0) is 24.7 Å². The Morgan fingerprint density at radius 3 is 2.00 bits per heavy atom. The summed E-state index contributed by atoms with van der Waals surface area (Å²) in [5, 5.41) is 0. The van der Waals surface area contributed by atoms with E-state index in [0.717, 1.165) is 0 Å². The third-order valence-electron chi connectivity index (χ3n) is 2.63. The van der Waals surface area contributed by atoms with E-state index in [2.05, 4.69) is 11.9 Å². The van der Waals surface area contributed by atoms with E-state index in [-0.39, 0.29) is 23.9 Å². The van der Waals surface area contributed by atoms with Crippen LogP contribution >= 0.6 is 12.4 Å². The Morgan fingerprint density at radius 2 is 1.73 bits per heavy atom. The Bertz CT molecular complexity index is 188. The fourth-order valence-electron chi connectivity index (χ4n) is 2.62. The highest BCUT2D eigenvalue weighted by molar-refractivity contribution is 5.85. The molecule has 0 amide bonds. The van der Waals surface area contributed by atoms with Crippen molar-refractivity contribution in [2.75, 3.05) is 0 Å². The molecule has 0 aromatic carbocycles. The molecule has 0 saturated heterocycles. The number of hydrogen-bond acceptors (Lipinski definition) is 1. The van der Waals surface area contributed by atoms with Crippen LogP contribution in [0.2, 0.25) is 0 Å². The molecule has 0 aromatic heterocycles. The van der Waals surface area contributed by atoms with E-state index in [0.29, 0.717) is 5.41 Å². The van der Waals surface area contributed by atoms with Crippen molar-refractivity contribution in [2.24, 2.45) is 21.9 Å². The third-order valence-corrected chi connectivity index (χ3v) is 2.63. The van der Waals surface area contributed by atoms with Gasteiger partial charge in [0.2, 0.25) is 0 Å². The van der Waals surface area contributed by atoms with Crippen molar-refractivity contribution in [1.82, 2.24) is 0 Å². The molecule has 0 unspecified atom stereocenters. The highest BCUT2D eigenvalue weighted by Gasteiger charge is 2.65. The highest BCUT2D eigenvalue weighted by Crippen LogP contribution is 2.68. The number of rotatable bonds is 1. The minimum atomic E-state index is 0. The number of hydrogen-bond donors (Lipinski definition) is 2. The number of guanidine groups is 1. The van der Waals surface area contributed by atoms with Crippen LogP contribution in [0.1, 0.15) is 26.2 Å². The van der Waals surface area contributed by atoms with Crippen LogP contribution in [0, 0.1) is 5.41 Å². The summed E-state index contributed by atoms with van der Waals surface area (Å²) in [6.45, 7) is 2.29. The van der Waals surface area contributed by atoms with E-state index in [9.17, 15) is 0 Å². The van der Waals surface area contributed by atoms with Crippen molar-refractivity contribution >= 4 is 18.4 Å². The fraction of sp³-hybridized carbons (Fsp3) is 0.857. The monoisotopic (exact) mass is 175 g/mol. The lowest BCUT2D eigenvalue weighted by molar-refractivity contribution is -0.113. The smallest absolute Gasteiger partial charge is 0.186 e. The summed E-state index contributed by atoms with van der Waals surface area (Å²) in [7, 11) is 0. The Labute approximate surface area is 72.6 Å². The predicted molar refractivity (Wildman–Crippen MR) is 47.7 cm³/mol. The van der Waals surface area contributed by atoms with Crippen LogP contribution in [0.4, 0.5) is 0 Å². The van der Waals surface area contributed by atoms with Gasteiger partial charge >= 0.3 is 0 Å². The molecule has 0 atom stereocenters. The van der Waals surface area contributed by atoms with Gasteiger partial charge in [0.25, 0.3) is 0 Å². The third kappa shape index (κ3) is 1.07. The lowest BCUT2D eigenvalue weighted by Gasteiger charge is -2.67. The molecule has 3 aliphatic rings. The molecule has 0 spiro atoms. The van der Waals surface area contributed by atoms with Gasteiger partial charge in [-0.15, -0.1) is 12.4 Å². The topological polar surface area (TPSA) is 64.4 Å². The first-order valence-electron chi connectivity index (χ1n) is 3.65. The molecule has 11 heavy (non-hydrogen) atoms. The molecule has 3 nitrogen and oxygen atoms in total. The molecule has 3 rings (SSSR count). The van der Waals surface area contributed by atoms with Crippen LogP contribution in [0.5, 0.6) is 0 Å². The van der Waals surface area contributed by atoms with E-state index >= 15 is 0 Å². The van der Waals surface area contributed by atoms with Gasteiger partial charge in [0, 0.05) is 0 Å². The van der Waals surface area contributed by atoms with Crippen LogP contribution in [0.25, 0.3) is 0 Å². The van der Waals surface area contributed by atoms with Crippen molar-refractivity contribution in [3.05, 3.63) is 0 Å². The lowest BCUT2D eigenvalue weighted by Crippen LogP contribution is -2.65. The molecular formula is C7H14ClN3. The molecule has 0 aromatic rings. The van der Waals surface area contributed by atoms with E-state index < -0.39 is 0 Å². The summed E-state index contributed by atoms with van der Waals surface area (Å²) in [6.07, 6.45) is 3.58. The van der Waals surface area contributed by atoms with Gasteiger partial charge in [0.15, 0.2) is 5.96 Å². The molecule has 2 bridgehead atoms. The van der Waals surface area contributed by atoms with E-state index in [1.807, 2.05) is 0 Å². The zero-order chi connectivity index (χ0) is 7.41. The van der Waals surface area contributed by atoms with Gasteiger partial charge < -0.3 is 11.5 Å². The van der Waals surface area contributed by atoms with Crippen LogP contribution in [0.3, 0.4) is 0 Å². The minimum absolute atomic E-state index is 0. The maximum Gasteiger partial charge on any atom is 0.186 e. The average Bonchev–Trinajstić information content (AvgIpc) is 1.56. The summed E-state index contributed by atoms with van der Waals surface area (Å²) in [6, 6.07) is 0. The molecule has 4 heteroatoms. The number of nitrogens with two attached hydrogens (primary N) is 2. The molecular weight excluding hydrogens is 162 g/mol. The first kappa shape index (κ1) is 8.65. The summed E-state index contributed by atoms with van der Waals surface area (Å²) >= 11 is 0. The molecule has 64 valence electrons. The van der Waals surface area contributed by atoms with Gasteiger partial charge in [-0.1, -0.05) is 6.92 Å². The first-order valence-corrected chi connectivity index (χ1v) is 3.65. The van der Waals surface area contributed by atoms with Crippen molar-refractivity contribution < 1.29 is 0 Å². The van der Waals surface area contributed by atoms with Crippen LogP contribution < -0.4 is 11.5 Å². The maximum atomic E-state index is 5.28. The van der Waals surface area contributed by atoms with Gasteiger partial charge in [0.1, 0.15) is 0 Å². The van der Waals surface area contributed by atoms with Gasteiger partial charge in [0.05, 0.1) is 5.54 Å². The average molecular weight is 176 g/mol. The lowest BCUT2D eigenvalue weighted by atomic mass is 9.40. The van der Waals surface area contributed by atoms with Gasteiger partial charge in [-0.2, -0.15) is 0 Å². The SMILES string of the molecule is CC12CC(N=C(N)N)(C1)C2.Cl. The number of halogens is 1. The van der Waals surface area contributed by atoms with Crippen molar-refractivity contribution in [2.45, 2.75) is 31.7 Å². The molecule has 3 fully saturated rings. The summed E-state index contributed by atoms with van der Waals surface area (Å²) in [4.78, 5) is 4.20. The second-order valence-electron chi connectivity index (χ2n) is 4.10. The highest BCUT2D eigenvalue weighted by atomic mass is 35.5. The quantitative estimate of drug-likeness (QED) is 0.454. The minimum Gasteiger partial charge on any atom is -0.370 e. The molecule has 0 aliphatic heterocycles. The standard InChI is InChI=1S/C7H13N3.ClH/c1-6-2-7(3-6,4-6)10-5(8)9;/h2-4H2,1H3,(H4,8,9,10);1H. The number of aliphatic imine (C=N–C) groups is 1. The summed E-state index contributed by atoms with van der Waals surface area (Å²) in [5.74, 6) is 0.252. The Hall–Kier alpha value is -0.440. The first-order chi connectivity index (χ1) is 4.54. The Morgan fingerprint density at radius 1 is 1.27 bits per heavy atom. The van der Waals surface area contributed by atoms with Crippen LogP contribution in [-0.4, -0.2) is 11.5 Å². The van der Waals surface area contributed by atoms with E-state index in [1.165, 1.54) is 19.3 Å². The van der Waals surface area contributed by atoms with Crippen molar-refractivity contribution in [3.8, 4) is 0 Å². The number of nitrogens with zero attached hydrogens (tertiary/aromatic N) is 1. The normalized spacial score (nSPS) is 44.5.